The van der Waals surface area contributed by atoms with E-state index in [0.717, 1.165) is 0 Å². The molecule has 2 rings (SSSR count). The Morgan fingerprint density at radius 2 is 2.12 bits per heavy atom. The van der Waals surface area contributed by atoms with Gasteiger partial charge in [-0.15, -0.1) is 0 Å². The van der Waals surface area contributed by atoms with Gasteiger partial charge in [-0.05, 0) is 13.0 Å². The molecule has 1 aromatic carbocycles. The number of hydrogen-bond donors (Lipinski definition) is 1. The minimum atomic E-state index is -0.233. The molecule has 1 N–H and O–H groups in total. The monoisotopic (exact) mass is 239 g/mol. The number of ether oxygens (including phenoxy) is 2. The molecule has 0 saturated heterocycles. The number of anilines is 1. The Morgan fingerprint density at radius 1 is 1.44 bits per heavy atom. The first-order valence-electron chi connectivity index (χ1n) is 4.73. The zero-order valence-electron chi connectivity index (χ0n) is 8.62. The second-order valence-electron chi connectivity index (χ2n) is 3.17. The first-order chi connectivity index (χ1) is 7.70. The minimum absolute atomic E-state index is 0.178. The van der Waals surface area contributed by atoms with Crippen LogP contribution in [0.3, 0.4) is 0 Å². The van der Waals surface area contributed by atoms with Crippen molar-refractivity contribution in [3.05, 3.63) is 29.3 Å². The molecule has 0 atom stereocenters. The molecule has 0 unspecified atom stereocenters. The third-order valence-electron chi connectivity index (χ3n) is 2.04. The highest BCUT2D eigenvalue weighted by molar-refractivity contribution is 6.34. The molecule has 0 bridgehead atoms. The smallest absolute Gasteiger partial charge is 0.248 e. The van der Waals surface area contributed by atoms with Crippen molar-refractivity contribution in [2.45, 2.75) is 6.92 Å². The van der Waals surface area contributed by atoms with Gasteiger partial charge in [0, 0.05) is 12.1 Å². The standard InChI is InChI=1S/C11H10ClNO3/c1-2-3-11(14)13-8-5-10-9(4-7(8)12)15-6-16-10/h2-5H,6H2,1H3,(H,13,14). The van der Waals surface area contributed by atoms with E-state index in [-0.39, 0.29) is 12.7 Å². The van der Waals surface area contributed by atoms with E-state index in [1.807, 2.05) is 0 Å². The summed E-state index contributed by atoms with van der Waals surface area (Å²) in [5.74, 6) is 0.942. The summed E-state index contributed by atoms with van der Waals surface area (Å²) in [5.41, 5.74) is 0.508. The molecule has 0 aromatic heterocycles. The van der Waals surface area contributed by atoms with Crippen molar-refractivity contribution in [2.75, 3.05) is 12.1 Å². The number of amides is 1. The fourth-order valence-electron chi connectivity index (χ4n) is 1.34. The van der Waals surface area contributed by atoms with Gasteiger partial charge in [-0.2, -0.15) is 0 Å². The number of halogens is 1. The van der Waals surface area contributed by atoms with Crippen molar-refractivity contribution in [2.24, 2.45) is 0 Å². The third kappa shape index (κ3) is 2.12. The average molecular weight is 240 g/mol. The number of allylic oxidation sites excluding steroid dienone is 1. The van der Waals surface area contributed by atoms with Crippen LogP contribution in [0.4, 0.5) is 5.69 Å². The summed E-state index contributed by atoms with van der Waals surface area (Å²) < 4.78 is 10.3. The Labute approximate surface area is 97.8 Å². The summed E-state index contributed by atoms with van der Waals surface area (Å²) in [4.78, 5) is 11.3. The van der Waals surface area contributed by atoms with Crippen LogP contribution in [0.2, 0.25) is 5.02 Å². The summed E-state index contributed by atoms with van der Waals surface area (Å²) in [6, 6.07) is 3.27. The third-order valence-corrected chi connectivity index (χ3v) is 2.35. The molecule has 0 radical (unpaired) electrons. The van der Waals surface area contributed by atoms with Gasteiger partial charge in [0.1, 0.15) is 0 Å². The van der Waals surface area contributed by atoms with Crippen LogP contribution in [0.1, 0.15) is 6.92 Å². The Kier molecular flexibility index (Phi) is 3.01. The number of nitrogens with one attached hydrogen (secondary N) is 1. The summed E-state index contributed by atoms with van der Waals surface area (Å²) in [6.07, 6.45) is 3.07. The van der Waals surface area contributed by atoms with Crippen LogP contribution in [0.5, 0.6) is 11.5 Å². The normalized spacial score (nSPS) is 13.1. The Bertz CT molecular complexity index is 457. The molecule has 4 nitrogen and oxygen atoms in total. The summed E-state index contributed by atoms with van der Waals surface area (Å²) in [7, 11) is 0. The molecule has 84 valence electrons. The molecule has 0 fully saturated rings. The highest BCUT2D eigenvalue weighted by Crippen LogP contribution is 2.39. The predicted octanol–water partition coefficient (Wildman–Crippen LogP) is 2.58. The Morgan fingerprint density at radius 3 is 2.81 bits per heavy atom. The van der Waals surface area contributed by atoms with E-state index in [1.165, 1.54) is 6.08 Å². The van der Waals surface area contributed by atoms with Gasteiger partial charge >= 0.3 is 0 Å². The molecular weight excluding hydrogens is 230 g/mol. The molecule has 1 aliphatic heterocycles. The first kappa shape index (κ1) is 10.8. The zero-order chi connectivity index (χ0) is 11.5. The zero-order valence-corrected chi connectivity index (χ0v) is 9.38. The maximum absolute atomic E-state index is 11.3. The van der Waals surface area contributed by atoms with Crippen molar-refractivity contribution >= 4 is 23.2 Å². The number of hydrogen-bond acceptors (Lipinski definition) is 3. The highest BCUT2D eigenvalue weighted by Gasteiger charge is 2.16. The first-order valence-corrected chi connectivity index (χ1v) is 5.11. The van der Waals surface area contributed by atoms with Gasteiger partial charge in [-0.1, -0.05) is 17.7 Å². The Hall–Kier alpha value is -1.68. The van der Waals surface area contributed by atoms with E-state index in [0.29, 0.717) is 22.2 Å². The summed E-state index contributed by atoms with van der Waals surface area (Å²) in [6.45, 7) is 1.94. The van der Waals surface area contributed by atoms with E-state index >= 15 is 0 Å². The molecule has 1 aliphatic rings. The van der Waals surface area contributed by atoms with Gasteiger partial charge in [0.05, 0.1) is 10.7 Å². The lowest BCUT2D eigenvalue weighted by Gasteiger charge is -2.06. The van der Waals surface area contributed by atoms with Crippen molar-refractivity contribution < 1.29 is 14.3 Å². The molecular formula is C11H10ClNO3. The molecule has 1 aromatic rings. The van der Waals surface area contributed by atoms with Crippen LogP contribution < -0.4 is 14.8 Å². The molecule has 0 saturated carbocycles. The van der Waals surface area contributed by atoms with Gasteiger partial charge in [0.25, 0.3) is 0 Å². The second kappa shape index (κ2) is 4.45. The summed E-state index contributed by atoms with van der Waals surface area (Å²) >= 11 is 5.98. The van der Waals surface area contributed by atoms with Gasteiger partial charge < -0.3 is 14.8 Å². The van der Waals surface area contributed by atoms with Crippen LogP contribution in [-0.4, -0.2) is 12.7 Å². The minimum Gasteiger partial charge on any atom is -0.454 e. The summed E-state index contributed by atoms with van der Waals surface area (Å²) in [5, 5.41) is 3.07. The van der Waals surface area contributed by atoms with Crippen LogP contribution in [0, 0.1) is 0 Å². The van der Waals surface area contributed by atoms with Crippen LogP contribution in [0.15, 0.2) is 24.3 Å². The van der Waals surface area contributed by atoms with E-state index < -0.39 is 0 Å². The lowest BCUT2D eigenvalue weighted by molar-refractivity contribution is -0.111. The van der Waals surface area contributed by atoms with E-state index in [4.69, 9.17) is 21.1 Å². The van der Waals surface area contributed by atoms with Crippen molar-refractivity contribution in [1.29, 1.82) is 0 Å². The van der Waals surface area contributed by atoms with Gasteiger partial charge in [0.15, 0.2) is 11.5 Å². The molecule has 1 amide bonds. The lowest BCUT2D eigenvalue weighted by Crippen LogP contribution is -2.08. The maximum Gasteiger partial charge on any atom is 0.248 e. The highest BCUT2D eigenvalue weighted by atomic mass is 35.5. The van der Waals surface area contributed by atoms with E-state index in [1.54, 1.807) is 25.1 Å². The Balaban J connectivity index is 2.25. The van der Waals surface area contributed by atoms with Gasteiger partial charge in [-0.3, -0.25) is 4.79 Å². The number of fused-ring (bicyclic) bond motifs is 1. The fourth-order valence-corrected chi connectivity index (χ4v) is 1.54. The predicted molar refractivity (Wildman–Crippen MR) is 61.0 cm³/mol. The van der Waals surface area contributed by atoms with Crippen molar-refractivity contribution in [3.8, 4) is 11.5 Å². The fraction of sp³-hybridized carbons (Fsp3) is 0.182. The van der Waals surface area contributed by atoms with E-state index in [2.05, 4.69) is 5.32 Å². The molecule has 0 aliphatic carbocycles. The van der Waals surface area contributed by atoms with Crippen molar-refractivity contribution in [3.63, 3.8) is 0 Å². The largest absolute Gasteiger partial charge is 0.454 e. The topological polar surface area (TPSA) is 47.6 Å². The van der Waals surface area contributed by atoms with Gasteiger partial charge in [0.2, 0.25) is 12.7 Å². The molecule has 0 spiro atoms. The second-order valence-corrected chi connectivity index (χ2v) is 3.58. The number of carbonyl (C=O) groups excluding carboxylic acids is 1. The van der Waals surface area contributed by atoms with Crippen LogP contribution >= 0.6 is 11.6 Å². The quantitative estimate of drug-likeness (QED) is 0.807. The molecule has 1 heterocycles. The average Bonchev–Trinajstić information content (AvgIpc) is 2.65. The number of rotatable bonds is 2. The molecule has 5 heteroatoms. The van der Waals surface area contributed by atoms with Crippen LogP contribution in [0.25, 0.3) is 0 Å². The number of carbonyl (C=O) groups is 1. The maximum atomic E-state index is 11.3. The van der Waals surface area contributed by atoms with Crippen molar-refractivity contribution in [1.82, 2.24) is 0 Å². The number of benzene rings is 1. The van der Waals surface area contributed by atoms with E-state index in [9.17, 15) is 4.79 Å². The lowest BCUT2D eigenvalue weighted by atomic mass is 10.2. The van der Waals surface area contributed by atoms with Gasteiger partial charge in [-0.25, -0.2) is 0 Å². The van der Waals surface area contributed by atoms with Crippen LogP contribution in [-0.2, 0) is 4.79 Å². The SMILES string of the molecule is CC=CC(=O)Nc1cc2c(cc1Cl)OCO2. The molecule has 16 heavy (non-hydrogen) atoms.